The SMILES string of the molecule is C=C(C)CN(CC)C(=O)C1CCN(Cc2ccc(OC)cc2)CC1. The lowest BCUT2D eigenvalue weighted by Crippen LogP contribution is -2.42. The number of ether oxygens (including phenoxy) is 1. The fourth-order valence-corrected chi connectivity index (χ4v) is 3.26. The van der Waals surface area contributed by atoms with E-state index >= 15 is 0 Å². The van der Waals surface area contributed by atoms with Crippen LogP contribution < -0.4 is 4.74 Å². The summed E-state index contributed by atoms with van der Waals surface area (Å²) in [6, 6.07) is 8.23. The van der Waals surface area contributed by atoms with Gasteiger partial charge >= 0.3 is 0 Å². The maximum Gasteiger partial charge on any atom is 0.226 e. The van der Waals surface area contributed by atoms with Crippen LogP contribution in [0.5, 0.6) is 5.75 Å². The van der Waals surface area contributed by atoms with Gasteiger partial charge in [0.25, 0.3) is 0 Å². The topological polar surface area (TPSA) is 32.8 Å². The number of hydrogen-bond donors (Lipinski definition) is 0. The molecule has 1 heterocycles. The van der Waals surface area contributed by atoms with Gasteiger partial charge in [-0.3, -0.25) is 9.69 Å². The number of amides is 1. The van der Waals surface area contributed by atoms with Gasteiger partial charge in [-0.05, 0) is 57.5 Å². The number of carbonyl (C=O) groups excluding carboxylic acids is 1. The molecule has 1 aliphatic rings. The molecule has 4 nitrogen and oxygen atoms in total. The second-order valence-corrected chi connectivity index (χ2v) is 6.71. The van der Waals surface area contributed by atoms with Crippen molar-refractivity contribution < 1.29 is 9.53 Å². The van der Waals surface area contributed by atoms with E-state index < -0.39 is 0 Å². The average molecular weight is 330 g/mol. The normalized spacial score (nSPS) is 16.0. The lowest BCUT2D eigenvalue weighted by Gasteiger charge is -2.34. The number of hydrogen-bond acceptors (Lipinski definition) is 3. The van der Waals surface area contributed by atoms with Gasteiger partial charge in [-0.25, -0.2) is 0 Å². The Hall–Kier alpha value is -1.81. The molecule has 0 unspecified atom stereocenters. The lowest BCUT2D eigenvalue weighted by atomic mass is 9.94. The third-order valence-corrected chi connectivity index (χ3v) is 4.66. The molecule has 0 aromatic heterocycles. The Morgan fingerprint density at radius 2 is 1.92 bits per heavy atom. The Bertz CT molecular complexity index is 545. The highest BCUT2D eigenvalue weighted by molar-refractivity contribution is 5.79. The summed E-state index contributed by atoms with van der Waals surface area (Å²) >= 11 is 0. The van der Waals surface area contributed by atoms with Crippen LogP contribution in [-0.4, -0.2) is 49.0 Å². The van der Waals surface area contributed by atoms with Gasteiger partial charge in [0.1, 0.15) is 5.75 Å². The molecule has 132 valence electrons. The van der Waals surface area contributed by atoms with Crippen LogP contribution in [0, 0.1) is 5.92 Å². The van der Waals surface area contributed by atoms with Crippen molar-refractivity contribution in [3.05, 3.63) is 42.0 Å². The summed E-state index contributed by atoms with van der Waals surface area (Å²) in [6.45, 7) is 12.3. The van der Waals surface area contributed by atoms with Crippen molar-refractivity contribution in [3.63, 3.8) is 0 Å². The number of rotatable bonds is 7. The molecule has 0 atom stereocenters. The Balaban J connectivity index is 1.83. The van der Waals surface area contributed by atoms with Gasteiger partial charge in [-0.2, -0.15) is 0 Å². The van der Waals surface area contributed by atoms with Gasteiger partial charge in [0.15, 0.2) is 0 Å². The smallest absolute Gasteiger partial charge is 0.226 e. The number of benzene rings is 1. The van der Waals surface area contributed by atoms with Crippen molar-refractivity contribution in [2.75, 3.05) is 33.3 Å². The van der Waals surface area contributed by atoms with E-state index in [2.05, 4.69) is 23.6 Å². The van der Waals surface area contributed by atoms with Crippen LogP contribution >= 0.6 is 0 Å². The van der Waals surface area contributed by atoms with Crippen molar-refractivity contribution in [2.45, 2.75) is 33.2 Å². The molecule has 0 spiro atoms. The minimum atomic E-state index is 0.163. The molecule has 0 saturated carbocycles. The zero-order chi connectivity index (χ0) is 17.5. The summed E-state index contributed by atoms with van der Waals surface area (Å²) in [7, 11) is 1.68. The third kappa shape index (κ3) is 5.10. The van der Waals surface area contributed by atoms with Crippen molar-refractivity contribution in [1.29, 1.82) is 0 Å². The highest BCUT2D eigenvalue weighted by Gasteiger charge is 2.27. The highest BCUT2D eigenvalue weighted by Crippen LogP contribution is 2.22. The minimum absolute atomic E-state index is 0.163. The Morgan fingerprint density at radius 3 is 2.42 bits per heavy atom. The van der Waals surface area contributed by atoms with E-state index in [0.29, 0.717) is 12.5 Å². The number of carbonyl (C=O) groups is 1. The predicted molar refractivity (Wildman–Crippen MR) is 98.1 cm³/mol. The highest BCUT2D eigenvalue weighted by atomic mass is 16.5. The second-order valence-electron chi connectivity index (χ2n) is 6.71. The van der Waals surface area contributed by atoms with Crippen LogP contribution in [0.4, 0.5) is 0 Å². The first-order chi connectivity index (χ1) is 11.5. The second kappa shape index (κ2) is 8.88. The van der Waals surface area contributed by atoms with E-state index in [4.69, 9.17) is 4.74 Å². The molecule has 1 amide bonds. The van der Waals surface area contributed by atoms with Crippen LogP contribution in [-0.2, 0) is 11.3 Å². The molecule has 2 rings (SSSR count). The molecular formula is C20H30N2O2. The van der Waals surface area contributed by atoms with Gasteiger partial charge < -0.3 is 9.64 Å². The lowest BCUT2D eigenvalue weighted by molar-refractivity contribution is -0.136. The molecule has 4 heteroatoms. The summed E-state index contributed by atoms with van der Waals surface area (Å²) in [5.41, 5.74) is 2.33. The molecular weight excluding hydrogens is 300 g/mol. The Labute approximate surface area is 146 Å². The molecule has 0 N–H and O–H groups in total. The molecule has 24 heavy (non-hydrogen) atoms. The fraction of sp³-hybridized carbons (Fsp3) is 0.550. The molecule has 0 bridgehead atoms. The van der Waals surface area contributed by atoms with Crippen LogP contribution in [0.1, 0.15) is 32.3 Å². The monoisotopic (exact) mass is 330 g/mol. The van der Waals surface area contributed by atoms with E-state index in [9.17, 15) is 4.79 Å². The largest absolute Gasteiger partial charge is 0.497 e. The van der Waals surface area contributed by atoms with Gasteiger partial charge in [0, 0.05) is 25.6 Å². The minimum Gasteiger partial charge on any atom is -0.497 e. The van der Waals surface area contributed by atoms with Crippen LogP contribution in [0.25, 0.3) is 0 Å². The van der Waals surface area contributed by atoms with Crippen LogP contribution in [0.15, 0.2) is 36.4 Å². The summed E-state index contributed by atoms with van der Waals surface area (Å²) in [5.74, 6) is 1.35. The van der Waals surface area contributed by atoms with E-state index in [1.807, 2.05) is 30.9 Å². The van der Waals surface area contributed by atoms with Crippen molar-refractivity contribution in [3.8, 4) is 5.75 Å². The van der Waals surface area contributed by atoms with Gasteiger partial charge in [-0.15, -0.1) is 0 Å². The van der Waals surface area contributed by atoms with Crippen LogP contribution in [0.2, 0.25) is 0 Å². The first-order valence-electron chi connectivity index (χ1n) is 8.82. The first-order valence-corrected chi connectivity index (χ1v) is 8.82. The van der Waals surface area contributed by atoms with Gasteiger partial charge in [0.05, 0.1) is 7.11 Å². The van der Waals surface area contributed by atoms with Gasteiger partial charge in [0.2, 0.25) is 5.91 Å². The zero-order valence-corrected chi connectivity index (χ0v) is 15.3. The molecule has 1 saturated heterocycles. The third-order valence-electron chi connectivity index (χ3n) is 4.66. The fourth-order valence-electron chi connectivity index (χ4n) is 3.26. The van der Waals surface area contributed by atoms with E-state index in [-0.39, 0.29) is 5.92 Å². The molecule has 0 radical (unpaired) electrons. The number of nitrogens with zero attached hydrogens (tertiary/aromatic N) is 2. The number of likely N-dealkylation sites (N-methyl/N-ethyl adjacent to an activating group) is 1. The standard InChI is InChI=1S/C20H30N2O2/c1-5-22(14-16(2)3)20(23)18-10-12-21(13-11-18)15-17-6-8-19(24-4)9-7-17/h6-9,18H,2,5,10-15H2,1,3-4H3. The van der Waals surface area contributed by atoms with E-state index in [1.54, 1.807) is 7.11 Å². The number of likely N-dealkylation sites (tertiary alicyclic amines) is 1. The van der Waals surface area contributed by atoms with Gasteiger partial charge in [-0.1, -0.05) is 24.3 Å². The summed E-state index contributed by atoms with van der Waals surface area (Å²) < 4.78 is 5.20. The van der Waals surface area contributed by atoms with E-state index in [1.165, 1.54) is 5.56 Å². The van der Waals surface area contributed by atoms with Crippen molar-refractivity contribution >= 4 is 5.91 Å². The molecule has 1 aromatic rings. The molecule has 1 fully saturated rings. The molecule has 0 aliphatic carbocycles. The molecule has 1 aliphatic heterocycles. The predicted octanol–water partition coefficient (Wildman–Crippen LogP) is 3.33. The maximum absolute atomic E-state index is 12.7. The maximum atomic E-state index is 12.7. The average Bonchev–Trinajstić information content (AvgIpc) is 2.60. The molecule has 1 aromatic carbocycles. The number of piperidine rings is 1. The van der Waals surface area contributed by atoms with E-state index in [0.717, 1.165) is 50.3 Å². The van der Waals surface area contributed by atoms with Crippen molar-refractivity contribution in [1.82, 2.24) is 9.80 Å². The zero-order valence-electron chi connectivity index (χ0n) is 15.3. The van der Waals surface area contributed by atoms with Crippen molar-refractivity contribution in [2.24, 2.45) is 5.92 Å². The summed E-state index contributed by atoms with van der Waals surface area (Å²) in [6.07, 6.45) is 1.89. The number of methoxy groups -OCH3 is 1. The summed E-state index contributed by atoms with van der Waals surface area (Å²) in [4.78, 5) is 17.0. The Morgan fingerprint density at radius 1 is 1.29 bits per heavy atom. The quantitative estimate of drug-likeness (QED) is 0.719. The van der Waals surface area contributed by atoms with Crippen LogP contribution in [0.3, 0.4) is 0 Å². The Kier molecular flexibility index (Phi) is 6.85. The summed E-state index contributed by atoms with van der Waals surface area (Å²) in [5, 5.41) is 0. The first kappa shape index (κ1) is 18.5.